The Balaban J connectivity index is 1.32. The molecule has 0 saturated carbocycles. The van der Waals surface area contributed by atoms with E-state index in [4.69, 9.17) is 4.98 Å². The number of likely N-dealkylation sites (N-methyl/N-ethyl adjacent to an activating group) is 1. The van der Waals surface area contributed by atoms with Gasteiger partial charge in [-0.25, -0.2) is 4.98 Å². The number of unbranched alkanes of at least 4 members (excludes halogenated alkanes) is 2. The fourth-order valence-corrected chi connectivity index (χ4v) is 4.62. The maximum Gasteiger partial charge on any atom is 0.261 e. The van der Waals surface area contributed by atoms with Gasteiger partial charge in [-0.2, -0.15) is 0 Å². The molecule has 0 aliphatic carbocycles. The maximum atomic E-state index is 13.0. The number of hydrogen-bond donors (Lipinski definition) is 1. The van der Waals surface area contributed by atoms with Crippen molar-refractivity contribution >= 4 is 34.2 Å². The first-order valence-electron chi connectivity index (χ1n) is 11.7. The van der Waals surface area contributed by atoms with Crippen molar-refractivity contribution in [1.29, 1.82) is 0 Å². The summed E-state index contributed by atoms with van der Waals surface area (Å²) in [5.74, 6) is 0.991. The molecule has 2 aromatic carbocycles. The average molecular weight is 475 g/mol. The largest absolute Gasteiger partial charge is 0.351 e. The predicted octanol–water partition coefficient (Wildman–Crippen LogP) is 4.90. The molecule has 0 saturated heterocycles. The molecule has 1 N–H and O–H groups in total. The van der Waals surface area contributed by atoms with E-state index in [1.807, 2.05) is 79.2 Å². The number of fused-ring (bicyclic) bond motifs is 1. The summed E-state index contributed by atoms with van der Waals surface area (Å²) in [7, 11) is 1.85. The van der Waals surface area contributed by atoms with Crippen LogP contribution in [0.1, 0.15) is 40.3 Å². The fraction of sp³-hybridized carbons (Fsp3) is 0.296. The van der Waals surface area contributed by atoms with Gasteiger partial charge in [0.25, 0.3) is 5.91 Å². The highest BCUT2D eigenvalue weighted by molar-refractivity contribution is 7.12. The number of carbonyl (C=O) groups excluding carboxylic acids is 2. The van der Waals surface area contributed by atoms with Gasteiger partial charge in [-0.15, -0.1) is 11.3 Å². The summed E-state index contributed by atoms with van der Waals surface area (Å²) in [5.41, 5.74) is 3.02. The lowest BCUT2D eigenvalue weighted by molar-refractivity contribution is -0.131. The highest BCUT2D eigenvalue weighted by atomic mass is 32.1. The zero-order chi connectivity index (χ0) is 23.8. The Bertz CT molecular complexity index is 1220. The molecule has 0 bridgehead atoms. The van der Waals surface area contributed by atoms with Crippen LogP contribution in [0.2, 0.25) is 0 Å². The third kappa shape index (κ3) is 6.11. The normalized spacial score (nSPS) is 11.0. The molecule has 0 fully saturated rings. The van der Waals surface area contributed by atoms with E-state index in [-0.39, 0.29) is 18.4 Å². The standard InChI is InChI=1S/C27H30N4O2S/c1-30(19-21-11-4-2-5-12-21)26(32)20-31-23-14-8-7-13-22(23)29-25(31)16-6-3-9-17-28-27(33)24-15-10-18-34-24/h2,4-5,7-8,10-15,18H,3,6,9,16-17,19-20H2,1H3,(H,28,33). The van der Waals surface area contributed by atoms with Crippen molar-refractivity contribution in [3.8, 4) is 0 Å². The van der Waals surface area contributed by atoms with Crippen LogP contribution < -0.4 is 5.32 Å². The second-order valence-electron chi connectivity index (χ2n) is 8.38. The third-order valence-corrected chi connectivity index (χ3v) is 6.69. The van der Waals surface area contributed by atoms with E-state index in [1.165, 1.54) is 11.3 Å². The van der Waals surface area contributed by atoms with Gasteiger partial charge in [0.2, 0.25) is 5.91 Å². The Hall–Kier alpha value is -3.45. The quantitative estimate of drug-likeness (QED) is 0.315. The summed E-state index contributed by atoms with van der Waals surface area (Å²) < 4.78 is 2.05. The lowest BCUT2D eigenvalue weighted by Gasteiger charge is -2.19. The number of carbonyl (C=O) groups is 2. The molecule has 4 rings (SSSR count). The lowest BCUT2D eigenvalue weighted by Crippen LogP contribution is -2.30. The second kappa shape index (κ2) is 11.6. The number of rotatable bonds is 11. The minimum absolute atomic E-state index is 0.00470. The number of para-hydroxylation sites is 2. The van der Waals surface area contributed by atoms with Crippen molar-refractivity contribution < 1.29 is 9.59 Å². The molecule has 0 atom stereocenters. The molecule has 34 heavy (non-hydrogen) atoms. The van der Waals surface area contributed by atoms with Crippen molar-refractivity contribution in [2.24, 2.45) is 0 Å². The number of amides is 2. The first-order valence-corrected chi connectivity index (χ1v) is 12.5. The minimum Gasteiger partial charge on any atom is -0.351 e. The number of thiophene rings is 1. The Labute approximate surface area is 204 Å². The molecule has 0 spiro atoms. The number of imidazole rings is 1. The first-order chi connectivity index (χ1) is 16.6. The van der Waals surface area contributed by atoms with E-state index in [2.05, 4.69) is 9.88 Å². The Morgan fingerprint density at radius 2 is 1.76 bits per heavy atom. The SMILES string of the molecule is CN(Cc1ccccc1)C(=O)Cn1c(CCCCCNC(=O)c2cccs2)nc2ccccc21. The Morgan fingerprint density at radius 1 is 0.971 bits per heavy atom. The summed E-state index contributed by atoms with van der Waals surface area (Å²) in [6, 6.07) is 21.7. The van der Waals surface area contributed by atoms with E-state index < -0.39 is 0 Å². The topological polar surface area (TPSA) is 67.2 Å². The summed E-state index contributed by atoms with van der Waals surface area (Å²) in [6.07, 6.45) is 3.64. The van der Waals surface area contributed by atoms with Crippen LogP contribution in [-0.2, 0) is 24.3 Å². The molecular weight excluding hydrogens is 444 g/mol. The molecule has 6 nitrogen and oxygen atoms in total. The highest BCUT2D eigenvalue weighted by Crippen LogP contribution is 2.18. The van der Waals surface area contributed by atoms with Gasteiger partial charge < -0.3 is 14.8 Å². The molecule has 0 radical (unpaired) electrons. The van der Waals surface area contributed by atoms with Crippen molar-refractivity contribution in [2.45, 2.75) is 38.8 Å². The molecule has 2 amide bonds. The van der Waals surface area contributed by atoms with E-state index in [1.54, 1.807) is 4.90 Å². The molecular formula is C27H30N4O2S. The van der Waals surface area contributed by atoms with E-state index in [0.29, 0.717) is 13.1 Å². The summed E-state index contributed by atoms with van der Waals surface area (Å²) >= 11 is 1.45. The van der Waals surface area contributed by atoms with Crippen LogP contribution in [0.5, 0.6) is 0 Å². The molecule has 176 valence electrons. The Morgan fingerprint density at radius 3 is 2.56 bits per heavy atom. The predicted molar refractivity (Wildman–Crippen MR) is 137 cm³/mol. The number of aryl methyl sites for hydroxylation is 1. The monoisotopic (exact) mass is 474 g/mol. The van der Waals surface area contributed by atoms with Crippen LogP contribution in [-0.4, -0.2) is 39.9 Å². The smallest absolute Gasteiger partial charge is 0.261 e. The van der Waals surface area contributed by atoms with Gasteiger partial charge in [0.1, 0.15) is 12.4 Å². The van der Waals surface area contributed by atoms with Crippen LogP contribution >= 0.6 is 11.3 Å². The highest BCUT2D eigenvalue weighted by Gasteiger charge is 2.16. The van der Waals surface area contributed by atoms with Gasteiger partial charge in [0, 0.05) is 26.6 Å². The second-order valence-corrected chi connectivity index (χ2v) is 9.33. The van der Waals surface area contributed by atoms with Crippen LogP contribution in [0.15, 0.2) is 72.1 Å². The molecule has 0 unspecified atom stereocenters. The van der Waals surface area contributed by atoms with Crippen molar-refractivity contribution in [3.05, 3.63) is 88.4 Å². The molecule has 4 aromatic rings. The fourth-order valence-electron chi connectivity index (χ4n) is 3.98. The van der Waals surface area contributed by atoms with Crippen molar-refractivity contribution in [2.75, 3.05) is 13.6 Å². The number of aromatic nitrogens is 2. The van der Waals surface area contributed by atoms with Crippen LogP contribution in [0.25, 0.3) is 11.0 Å². The number of nitrogens with zero attached hydrogens (tertiary/aromatic N) is 3. The zero-order valence-electron chi connectivity index (χ0n) is 19.4. The third-order valence-electron chi connectivity index (χ3n) is 5.82. The number of benzene rings is 2. The molecule has 0 aliphatic heterocycles. The summed E-state index contributed by atoms with van der Waals surface area (Å²) in [4.78, 5) is 32.4. The van der Waals surface area contributed by atoms with Gasteiger partial charge >= 0.3 is 0 Å². The number of hydrogen-bond acceptors (Lipinski definition) is 4. The van der Waals surface area contributed by atoms with Gasteiger partial charge in [0.15, 0.2) is 0 Å². The lowest BCUT2D eigenvalue weighted by atomic mass is 10.2. The summed E-state index contributed by atoms with van der Waals surface area (Å²) in [5, 5.41) is 4.88. The molecule has 2 heterocycles. The minimum atomic E-state index is -0.00470. The van der Waals surface area contributed by atoms with Crippen LogP contribution in [0.4, 0.5) is 0 Å². The average Bonchev–Trinajstić information content (AvgIpc) is 3.51. The molecule has 7 heteroatoms. The number of nitrogens with one attached hydrogen (secondary N) is 1. The molecule has 0 aliphatic rings. The van der Waals surface area contributed by atoms with Crippen LogP contribution in [0, 0.1) is 0 Å². The summed E-state index contributed by atoms with van der Waals surface area (Å²) in [6.45, 7) is 1.52. The van der Waals surface area contributed by atoms with Gasteiger partial charge in [-0.05, 0) is 42.0 Å². The van der Waals surface area contributed by atoms with Gasteiger partial charge in [-0.1, -0.05) is 55.0 Å². The Kier molecular flexibility index (Phi) is 8.09. The zero-order valence-corrected chi connectivity index (χ0v) is 20.3. The maximum absolute atomic E-state index is 13.0. The van der Waals surface area contributed by atoms with Gasteiger partial charge in [0.05, 0.1) is 15.9 Å². The van der Waals surface area contributed by atoms with Crippen molar-refractivity contribution in [3.63, 3.8) is 0 Å². The van der Waals surface area contributed by atoms with Gasteiger partial charge in [-0.3, -0.25) is 9.59 Å². The van der Waals surface area contributed by atoms with E-state index in [9.17, 15) is 9.59 Å². The van der Waals surface area contributed by atoms with Crippen LogP contribution in [0.3, 0.4) is 0 Å². The van der Waals surface area contributed by atoms with Crippen molar-refractivity contribution in [1.82, 2.24) is 19.8 Å². The van der Waals surface area contributed by atoms with E-state index >= 15 is 0 Å². The first kappa shape index (κ1) is 23.7. The molecule has 2 aromatic heterocycles. The van der Waals surface area contributed by atoms with E-state index in [0.717, 1.165) is 53.0 Å².